The van der Waals surface area contributed by atoms with Crippen LogP contribution in [0.15, 0.2) is 0 Å². The molecule has 1 rings (SSSR count). The van der Waals surface area contributed by atoms with Gasteiger partial charge in [0.15, 0.2) is 11.4 Å². The normalized spacial score (nSPS) is 11.6. The lowest BCUT2D eigenvalue weighted by molar-refractivity contribution is -0.142. The van der Waals surface area contributed by atoms with Crippen molar-refractivity contribution in [3.63, 3.8) is 0 Å². The van der Waals surface area contributed by atoms with Crippen LogP contribution >= 0.6 is 22.6 Å². The van der Waals surface area contributed by atoms with Crippen molar-refractivity contribution in [2.45, 2.75) is 19.5 Å². The Morgan fingerprint density at radius 1 is 1.44 bits per heavy atom. The van der Waals surface area contributed by atoms with Gasteiger partial charge in [-0.15, -0.1) is 10.2 Å². The topological polar surface area (TPSA) is 63.1 Å². The van der Waals surface area contributed by atoms with Crippen LogP contribution in [0.25, 0.3) is 0 Å². The Morgan fingerprint density at radius 2 is 2.00 bits per heavy atom. The van der Waals surface area contributed by atoms with Gasteiger partial charge in [0.05, 0.1) is 3.57 Å². The van der Waals surface area contributed by atoms with E-state index in [2.05, 4.69) is 10.2 Å². The first-order chi connectivity index (χ1) is 7.29. The molecule has 88 valence electrons. The van der Waals surface area contributed by atoms with E-state index in [-0.39, 0.29) is 15.6 Å². The lowest BCUT2D eigenvalue weighted by atomic mass is 10.1. The summed E-state index contributed by atoms with van der Waals surface area (Å²) in [5.74, 6) is -1.39. The van der Waals surface area contributed by atoms with Crippen LogP contribution in [0.4, 0.5) is 13.2 Å². The minimum absolute atomic E-state index is 0.0186. The van der Waals surface area contributed by atoms with Crippen molar-refractivity contribution in [3.8, 4) is 0 Å². The lowest BCUT2D eigenvalue weighted by Gasteiger charge is -2.12. The van der Waals surface area contributed by atoms with Crippen molar-refractivity contribution < 1.29 is 23.1 Å². The molecule has 0 bridgehead atoms. The van der Waals surface area contributed by atoms with Crippen molar-refractivity contribution in [2.24, 2.45) is 0 Å². The van der Waals surface area contributed by atoms with E-state index >= 15 is 0 Å². The molecule has 8 heteroatoms. The average molecular weight is 346 g/mol. The molecular formula is C8H6F3IN2O2. The van der Waals surface area contributed by atoms with E-state index in [1.54, 1.807) is 0 Å². The van der Waals surface area contributed by atoms with Gasteiger partial charge < -0.3 is 5.11 Å². The van der Waals surface area contributed by atoms with Gasteiger partial charge in [0.1, 0.15) is 0 Å². The van der Waals surface area contributed by atoms with Crippen LogP contribution in [-0.2, 0) is 12.6 Å². The number of halogens is 4. The quantitative estimate of drug-likeness (QED) is 0.836. The van der Waals surface area contributed by atoms with Crippen molar-refractivity contribution in [2.75, 3.05) is 0 Å². The number of hydrogen-bond donors (Lipinski definition) is 1. The first-order valence-electron chi connectivity index (χ1n) is 4.14. The van der Waals surface area contributed by atoms with Gasteiger partial charge in [-0.3, -0.25) is 0 Å². The molecule has 0 spiro atoms. The van der Waals surface area contributed by atoms with Crippen LogP contribution in [0.1, 0.15) is 28.7 Å². The summed E-state index contributed by atoms with van der Waals surface area (Å²) in [6.45, 7) is 1.50. The first kappa shape index (κ1) is 13.1. The zero-order valence-corrected chi connectivity index (χ0v) is 10.1. The number of carboxylic acids is 1. The van der Waals surface area contributed by atoms with Gasteiger partial charge >= 0.3 is 12.1 Å². The zero-order chi connectivity index (χ0) is 12.5. The Labute approximate surface area is 102 Å². The predicted molar refractivity (Wildman–Crippen MR) is 56.1 cm³/mol. The second-order valence-corrected chi connectivity index (χ2v) is 3.92. The van der Waals surface area contributed by atoms with E-state index in [0.717, 1.165) is 0 Å². The van der Waals surface area contributed by atoms with Gasteiger partial charge in [0.25, 0.3) is 0 Å². The van der Waals surface area contributed by atoms with E-state index in [1.807, 2.05) is 0 Å². The molecule has 0 aliphatic rings. The molecule has 1 aromatic rings. The number of alkyl halides is 3. The molecule has 1 aromatic heterocycles. The Balaban J connectivity index is 3.47. The number of carbonyl (C=O) groups is 1. The van der Waals surface area contributed by atoms with Gasteiger partial charge in [-0.05, 0) is 29.0 Å². The number of nitrogens with zero attached hydrogens (tertiary/aromatic N) is 2. The molecule has 0 atom stereocenters. The van der Waals surface area contributed by atoms with Crippen LogP contribution < -0.4 is 0 Å². The van der Waals surface area contributed by atoms with Gasteiger partial charge in [-0.1, -0.05) is 6.92 Å². The van der Waals surface area contributed by atoms with Crippen molar-refractivity contribution in [3.05, 3.63) is 20.5 Å². The smallest absolute Gasteiger partial charge is 0.435 e. The Bertz CT molecular complexity index is 434. The van der Waals surface area contributed by atoms with E-state index in [9.17, 15) is 18.0 Å². The first-order valence-corrected chi connectivity index (χ1v) is 5.22. The minimum atomic E-state index is -4.62. The molecule has 0 aliphatic carbocycles. The predicted octanol–water partition coefficient (Wildman–Crippen LogP) is 2.36. The lowest BCUT2D eigenvalue weighted by Crippen LogP contribution is -2.18. The van der Waals surface area contributed by atoms with E-state index in [0.29, 0.717) is 0 Å². The highest BCUT2D eigenvalue weighted by molar-refractivity contribution is 14.1. The molecule has 1 heterocycles. The van der Waals surface area contributed by atoms with Gasteiger partial charge in [-0.25, -0.2) is 4.79 Å². The maximum Gasteiger partial charge on any atom is 0.435 e. The molecule has 0 aromatic carbocycles. The third-order valence-corrected chi connectivity index (χ3v) is 3.00. The second-order valence-electron chi connectivity index (χ2n) is 2.85. The average Bonchev–Trinajstić information content (AvgIpc) is 2.15. The van der Waals surface area contributed by atoms with E-state index in [1.165, 1.54) is 29.5 Å². The largest absolute Gasteiger partial charge is 0.476 e. The summed E-state index contributed by atoms with van der Waals surface area (Å²) in [5, 5.41) is 14.7. The Kier molecular flexibility index (Phi) is 3.71. The number of aromatic carboxylic acids is 1. The molecule has 4 nitrogen and oxygen atoms in total. The molecule has 0 unspecified atom stereocenters. The van der Waals surface area contributed by atoms with Crippen LogP contribution in [0.2, 0.25) is 0 Å². The van der Waals surface area contributed by atoms with Crippen LogP contribution in [0.3, 0.4) is 0 Å². The van der Waals surface area contributed by atoms with Crippen molar-refractivity contribution >= 4 is 28.6 Å². The summed E-state index contributed by atoms with van der Waals surface area (Å²) < 4.78 is 37.5. The molecule has 1 N–H and O–H groups in total. The third-order valence-electron chi connectivity index (χ3n) is 1.83. The van der Waals surface area contributed by atoms with E-state index in [4.69, 9.17) is 5.11 Å². The Morgan fingerprint density at radius 3 is 2.38 bits per heavy atom. The molecule has 16 heavy (non-hydrogen) atoms. The summed E-state index contributed by atoms with van der Waals surface area (Å²) in [6.07, 6.45) is -4.57. The second kappa shape index (κ2) is 4.52. The SMILES string of the molecule is CCc1c(C(F)(F)F)nnc(C(=O)O)c1I. The van der Waals surface area contributed by atoms with Crippen molar-refractivity contribution in [1.82, 2.24) is 10.2 Å². The van der Waals surface area contributed by atoms with Crippen LogP contribution in [0, 0.1) is 3.57 Å². The van der Waals surface area contributed by atoms with Crippen LogP contribution in [-0.4, -0.2) is 21.3 Å². The fourth-order valence-electron chi connectivity index (χ4n) is 1.14. The number of carboxylic acid groups (broad SMARTS) is 1. The standard InChI is InChI=1S/C8H6F3IN2O2/c1-2-3-4(12)5(7(15)16)13-14-6(3)8(9,10)11/h2H2,1H3,(H,15,16). The number of aromatic nitrogens is 2. The summed E-state index contributed by atoms with van der Waals surface area (Å²) in [5.41, 5.74) is -1.71. The summed E-state index contributed by atoms with van der Waals surface area (Å²) in [6, 6.07) is 0. The molecule has 0 saturated heterocycles. The highest BCUT2D eigenvalue weighted by atomic mass is 127. The fraction of sp³-hybridized carbons (Fsp3) is 0.375. The molecule has 0 saturated carbocycles. The van der Waals surface area contributed by atoms with Gasteiger partial charge in [-0.2, -0.15) is 13.2 Å². The zero-order valence-electron chi connectivity index (χ0n) is 7.97. The summed E-state index contributed by atoms with van der Waals surface area (Å²) in [4.78, 5) is 10.7. The maximum absolute atomic E-state index is 12.5. The molecule has 0 fully saturated rings. The minimum Gasteiger partial charge on any atom is -0.476 e. The third kappa shape index (κ3) is 2.42. The van der Waals surface area contributed by atoms with Crippen LogP contribution in [0.5, 0.6) is 0 Å². The number of hydrogen-bond acceptors (Lipinski definition) is 3. The van der Waals surface area contributed by atoms with E-state index < -0.39 is 23.5 Å². The fourth-order valence-corrected chi connectivity index (χ4v) is 2.11. The molecule has 0 amide bonds. The van der Waals surface area contributed by atoms with Gasteiger partial charge in [0.2, 0.25) is 0 Å². The highest BCUT2D eigenvalue weighted by Gasteiger charge is 2.37. The van der Waals surface area contributed by atoms with Gasteiger partial charge in [0, 0.05) is 5.56 Å². The maximum atomic E-state index is 12.5. The highest BCUT2D eigenvalue weighted by Crippen LogP contribution is 2.32. The van der Waals surface area contributed by atoms with Crippen molar-refractivity contribution in [1.29, 1.82) is 0 Å². The molecular weight excluding hydrogens is 340 g/mol. The number of rotatable bonds is 2. The molecule has 0 aliphatic heterocycles. The summed E-state index contributed by atoms with van der Waals surface area (Å²) >= 11 is 1.54. The molecule has 0 radical (unpaired) electrons. The summed E-state index contributed by atoms with van der Waals surface area (Å²) in [7, 11) is 0. The Hall–Kier alpha value is -0.930. The monoisotopic (exact) mass is 346 g/mol.